The van der Waals surface area contributed by atoms with Gasteiger partial charge in [-0.25, -0.2) is 0 Å². The minimum Gasteiger partial charge on any atom is -0.508 e. The molecule has 1 aliphatic heterocycles. The molecule has 3 rings (SSSR count). The van der Waals surface area contributed by atoms with E-state index in [0.717, 1.165) is 0 Å². The second-order valence-corrected chi connectivity index (χ2v) is 4.21. The summed E-state index contributed by atoms with van der Waals surface area (Å²) < 4.78 is 34.3. The van der Waals surface area contributed by atoms with Crippen LogP contribution in [0.3, 0.4) is 0 Å². The Balaban J connectivity index is 1.93. The number of ketones is 1. The highest BCUT2D eigenvalue weighted by Crippen LogP contribution is 2.41. The Labute approximate surface area is 112 Å². The van der Waals surface area contributed by atoms with Crippen molar-refractivity contribution >= 4 is 5.78 Å². The Morgan fingerprint density at radius 3 is 2.25 bits per heavy atom. The molecule has 0 amide bonds. The molecular formula is C14H8F2O4. The van der Waals surface area contributed by atoms with E-state index in [0.29, 0.717) is 5.56 Å². The highest BCUT2D eigenvalue weighted by Gasteiger charge is 2.43. The third kappa shape index (κ3) is 2.16. The van der Waals surface area contributed by atoms with E-state index in [4.69, 9.17) is 5.11 Å². The van der Waals surface area contributed by atoms with Crippen molar-refractivity contribution in [1.29, 1.82) is 0 Å². The minimum atomic E-state index is -3.71. The van der Waals surface area contributed by atoms with Gasteiger partial charge in [0.25, 0.3) is 0 Å². The van der Waals surface area contributed by atoms with E-state index in [9.17, 15) is 13.6 Å². The summed E-state index contributed by atoms with van der Waals surface area (Å²) in [4.78, 5) is 12.2. The number of carbonyl (C=O) groups excluding carboxylic acids is 1. The fourth-order valence-electron chi connectivity index (χ4n) is 1.87. The third-order valence-corrected chi connectivity index (χ3v) is 2.79. The van der Waals surface area contributed by atoms with Gasteiger partial charge in [-0.05, 0) is 42.5 Å². The number of halogens is 2. The first-order valence-electron chi connectivity index (χ1n) is 5.68. The molecule has 0 spiro atoms. The number of fused-ring (bicyclic) bond motifs is 1. The van der Waals surface area contributed by atoms with Gasteiger partial charge < -0.3 is 14.6 Å². The quantitative estimate of drug-likeness (QED) is 0.858. The van der Waals surface area contributed by atoms with E-state index in [-0.39, 0.29) is 28.6 Å². The van der Waals surface area contributed by atoms with Gasteiger partial charge in [0.2, 0.25) is 0 Å². The number of alkyl halides is 2. The second kappa shape index (κ2) is 4.19. The molecule has 0 atom stereocenters. The first-order valence-corrected chi connectivity index (χ1v) is 5.68. The van der Waals surface area contributed by atoms with Crippen LogP contribution in [0.2, 0.25) is 0 Å². The topological polar surface area (TPSA) is 55.8 Å². The van der Waals surface area contributed by atoms with Crippen molar-refractivity contribution < 1.29 is 28.2 Å². The lowest BCUT2D eigenvalue weighted by atomic mass is 10.0. The molecule has 20 heavy (non-hydrogen) atoms. The molecule has 1 N–H and O–H groups in total. The Hall–Kier alpha value is -2.63. The average Bonchev–Trinajstić information content (AvgIpc) is 2.71. The van der Waals surface area contributed by atoms with Gasteiger partial charge in [-0.1, -0.05) is 0 Å². The predicted molar refractivity (Wildman–Crippen MR) is 64.2 cm³/mol. The van der Waals surface area contributed by atoms with Crippen LogP contribution in [0.1, 0.15) is 15.9 Å². The summed E-state index contributed by atoms with van der Waals surface area (Å²) in [6.07, 6.45) is -3.71. The standard InChI is InChI=1S/C14H8F2O4/c15-14(16)19-11-6-3-9(7-12(11)20-14)13(18)8-1-4-10(17)5-2-8/h1-7,17H. The van der Waals surface area contributed by atoms with Crippen LogP contribution >= 0.6 is 0 Å². The molecule has 2 aromatic carbocycles. The lowest BCUT2D eigenvalue weighted by Crippen LogP contribution is -2.25. The van der Waals surface area contributed by atoms with Crippen molar-refractivity contribution in [3.8, 4) is 17.2 Å². The monoisotopic (exact) mass is 278 g/mol. The van der Waals surface area contributed by atoms with E-state index in [1.54, 1.807) is 0 Å². The largest absolute Gasteiger partial charge is 0.586 e. The van der Waals surface area contributed by atoms with Gasteiger partial charge in [0.1, 0.15) is 5.75 Å². The normalized spacial score (nSPS) is 15.1. The van der Waals surface area contributed by atoms with Crippen molar-refractivity contribution in [2.24, 2.45) is 0 Å². The highest BCUT2D eigenvalue weighted by molar-refractivity contribution is 6.09. The molecule has 6 heteroatoms. The molecular weight excluding hydrogens is 270 g/mol. The first-order chi connectivity index (χ1) is 9.44. The predicted octanol–water partition coefficient (Wildman–Crippen LogP) is 2.94. The Morgan fingerprint density at radius 1 is 0.950 bits per heavy atom. The van der Waals surface area contributed by atoms with Crippen LogP contribution in [0.5, 0.6) is 17.2 Å². The van der Waals surface area contributed by atoms with Crippen LogP contribution < -0.4 is 9.47 Å². The molecule has 0 saturated carbocycles. The molecule has 0 aromatic heterocycles. The van der Waals surface area contributed by atoms with Gasteiger partial charge >= 0.3 is 6.29 Å². The van der Waals surface area contributed by atoms with Gasteiger partial charge in [0.15, 0.2) is 17.3 Å². The number of carbonyl (C=O) groups is 1. The van der Waals surface area contributed by atoms with Crippen LogP contribution in [0.25, 0.3) is 0 Å². The maximum Gasteiger partial charge on any atom is 0.586 e. The van der Waals surface area contributed by atoms with Crippen molar-refractivity contribution in [2.75, 3.05) is 0 Å². The SMILES string of the molecule is O=C(c1ccc(O)cc1)c1ccc2c(c1)OC(F)(F)O2. The van der Waals surface area contributed by atoms with Crippen molar-refractivity contribution in [3.63, 3.8) is 0 Å². The minimum absolute atomic E-state index is 0.0341. The number of hydrogen-bond donors (Lipinski definition) is 1. The molecule has 0 saturated heterocycles. The molecule has 0 unspecified atom stereocenters. The number of hydrogen-bond acceptors (Lipinski definition) is 4. The number of phenols is 1. The Bertz CT molecular complexity index is 680. The van der Waals surface area contributed by atoms with Crippen LogP contribution in [0.4, 0.5) is 8.78 Å². The molecule has 1 aliphatic rings. The van der Waals surface area contributed by atoms with Crippen LogP contribution in [0.15, 0.2) is 42.5 Å². The van der Waals surface area contributed by atoms with Crippen LogP contribution in [-0.2, 0) is 0 Å². The van der Waals surface area contributed by atoms with E-state index >= 15 is 0 Å². The van der Waals surface area contributed by atoms with E-state index in [2.05, 4.69) is 9.47 Å². The zero-order chi connectivity index (χ0) is 14.3. The molecule has 102 valence electrons. The smallest absolute Gasteiger partial charge is 0.508 e. The number of ether oxygens (including phenoxy) is 2. The van der Waals surface area contributed by atoms with E-state index in [1.807, 2.05) is 0 Å². The number of rotatable bonds is 2. The molecule has 1 heterocycles. The fourth-order valence-corrected chi connectivity index (χ4v) is 1.87. The zero-order valence-corrected chi connectivity index (χ0v) is 9.97. The summed E-state index contributed by atoms with van der Waals surface area (Å²) in [7, 11) is 0. The number of benzene rings is 2. The van der Waals surface area contributed by atoms with Crippen molar-refractivity contribution in [3.05, 3.63) is 53.6 Å². The maximum absolute atomic E-state index is 12.9. The van der Waals surface area contributed by atoms with Crippen LogP contribution in [-0.4, -0.2) is 17.2 Å². The Kier molecular flexibility index (Phi) is 2.60. The molecule has 4 nitrogen and oxygen atoms in total. The third-order valence-electron chi connectivity index (χ3n) is 2.79. The maximum atomic E-state index is 12.9. The number of aromatic hydroxyl groups is 1. The van der Waals surface area contributed by atoms with Gasteiger partial charge in [-0.2, -0.15) is 0 Å². The molecule has 0 fully saturated rings. The average molecular weight is 278 g/mol. The summed E-state index contributed by atoms with van der Waals surface area (Å²) in [5, 5.41) is 9.16. The lowest BCUT2D eigenvalue weighted by molar-refractivity contribution is -0.286. The fraction of sp³-hybridized carbons (Fsp3) is 0.0714. The second-order valence-electron chi connectivity index (χ2n) is 4.21. The summed E-state index contributed by atoms with van der Waals surface area (Å²) >= 11 is 0. The van der Waals surface area contributed by atoms with Crippen LogP contribution in [0, 0.1) is 0 Å². The summed E-state index contributed by atoms with van der Waals surface area (Å²) in [6.45, 7) is 0. The molecule has 0 radical (unpaired) electrons. The highest BCUT2D eigenvalue weighted by atomic mass is 19.3. The van der Waals surface area contributed by atoms with Gasteiger partial charge in [0, 0.05) is 11.1 Å². The van der Waals surface area contributed by atoms with Crippen molar-refractivity contribution in [2.45, 2.75) is 6.29 Å². The number of phenolic OH excluding ortho intramolecular Hbond substituents is 1. The molecule has 0 aliphatic carbocycles. The van der Waals surface area contributed by atoms with Gasteiger partial charge in [-0.15, -0.1) is 8.78 Å². The summed E-state index contributed by atoms with van der Waals surface area (Å²) in [5.41, 5.74) is 0.518. The Morgan fingerprint density at radius 2 is 1.55 bits per heavy atom. The first kappa shape index (κ1) is 12.4. The van der Waals surface area contributed by atoms with Crippen molar-refractivity contribution in [1.82, 2.24) is 0 Å². The summed E-state index contributed by atoms with van der Waals surface area (Å²) in [6, 6.07) is 9.45. The molecule has 2 aromatic rings. The molecule has 0 bridgehead atoms. The zero-order valence-electron chi connectivity index (χ0n) is 9.97. The van der Waals surface area contributed by atoms with E-state index in [1.165, 1.54) is 42.5 Å². The lowest BCUT2D eigenvalue weighted by Gasteiger charge is -2.04. The van der Waals surface area contributed by atoms with Gasteiger partial charge in [-0.3, -0.25) is 4.79 Å². The van der Waals surface area contributed by atoms with E-state index < -0.39 is 6.29 Å². The summed E-state index contributed by atoms with van der Waals surface area (Å²) in [5.74, 6) is -0.629. The van der Waals surface area contributed by atoms with Gasteiger partial charge in [0.05, 0.1) is 0 Å².